The van der Waals surface area contributed by atoms with E-state index >= 15 is 0 Å². The fraction of sp³-hybridized carbons (Fsp3) is 0.571. The van der Waals surface area contributed by atoms with E-state index in [-0.39, 0.29) is 0 Å². The summed E-state index contributed by atoms with van der Waals surface area (Å²) >= 11 is 3.53. The molecule has 1 fully saturated rings. The number of anilines is 1. The second-order valence-electron chi connectivity index (χ2n) is 4.78. The maximum absolute atomic E-state index is 11.5. The van der Waals surface area contributed by atoms with Gasteiger partial charge in [-0.05, 0) is 23.8 Å². The number of rotatable bonds is 6. The fourth-order valence-corrected chi connectivity index (χ4v) is 3.74. The monoisotopic (exact) mass is 360 g/mol. The number of benzene rings is 1. The van der Waals surface area contributed by atoms with E-state index in [1.807, 2.05) is 0 Å². The summed E-state index contributed by atoms with van der Waals surface area (Å²) in [5, 5.41) is 3.39. The zero-order valence-electron chi connectivity index (χ0n) is 11.7. The molecule has 0 atom stereocenters. The van der Waals surface area contributed by atoms with Crippen molar-refractivity contribution in [1.82, 2.24) is 5.32 Å². The van der Waals surface area contributed by atoms with Crippen LogP contribution in [0.1, 0.15) is 5.56 Å². The minimum atomic E-state index is -0.637. The molecule has 112 valence electrons. The van der Waals surface area contributed by atoms with Gasteiger partial charge in [0.15, 0.2) is 0 Å². The van der Waals surface area contributed by atoms with Gasteiger partial charge in [0.2, 0.25) is 0 Å². The highest BCUT2D eigenvalue weighted by atomic mass is 79.9. The first-order valence-electron chi connectivity index (χ1n) is 6.78. The van der Waals surface area contributed by atoms with Crippen LogP contribution in [-0.4, -0.2) is 49.1 Å². The van der Waals surface area contributed by atoms with Crippen molar-refractivity contribution in [1.29, 1.82) is 0 Å². The summed E-state index contributed by atoms with van der Waals surface area (Å²) < 4.78 is 17.6. The lowest BCUT2D eigenvalue weighted by atomic mass is 10.1. The van der Waals surface area contributed by atoms with Gasteiger partial charge in [-0.3, -0.25) is 4.21 Å². The van der Waals surface area contributed by atoms with Gasteiger partial charge in [0.1, 0.15) is 0 Å². The van der Waals surface area contributed by atoms with Crippen molar-refractivity contribution < 1.29 is 8.95 Å². The second kappa shape index (κ2) is 8.12. The first-order valence-corrected chi connectivity index (χ1v) is 9.07. The molecule has 1 N–H and O–H groups in total. The van der Waals surface area contributed by atoms with E-state index in [4.69, 9.17) is 4.74 Å². The Kier molecular flexibility index (Phi) is 6.48. The molecule has 0 aromatic heterocycles. The molecule has 1 aliphatic rings. The number of nitrogens with zero attached hydrogens (tertiary/aromatic N) is 1. The smallest absolute Gasteiger partial charge is 0.0587 e. The molecule has 0 spiro atoms. The zero-order valence-corrected chi connectivity index (χ0v) is 14.1. The quantitative estimate of drug-likeness (QED) is 0.784. The fourth-order valence-electron chi connectivity index (χ4n) is 2.28. The molecule has 4 nitrogen and oxygen atoms in total. The third-order valence-electron chi connectivity index (χ3n) is 3.36. The van der Waals surface area contributed by atoms with Gasteiger partial charge in [-0.25, -0.2) is 0 Å². The molecular weight excluding hydrogens is 340 g/mol. The topological polar surface area (TPSA) is 41.6 Å². The number of hydrogen-bond donors (Lipinski definition) is 1. The average molecular weight is 361 g/mol. The van der Waals surface area contributed by atoms with Crippen molar-refractivity contribution in [3.05, 3.63) is 28.2 Å². The normalized spacial score (nSPS) is 16.6. The van der Waals surface area contributed by atoms with Gasteiger partial charge in [-0.2, -0.15) is 0 Å². The van der Waals surface area contributed by atoms with Crippen LogP contribution in [0.2, 0.25) is 0 Å². The molecule has 2 rings (SSSR count). The van der Waals surface area contributed by atoms with Gasteiger partial charge in [-0.1, -0.05) is 15.9 Å². The predicted octanol–water partition coefficient (Wildman–Crippen LogP) is 1.75. The van der Waals surface area contributed by atoms with Gasteiger partial charge in [0.25, 0.3) is 0 Å². The number of methoxy groups -OCH3 is 1. The van der Waals surface area contributed by atoms with E-state index in [1.165, 1.54) is 11.3 Å². The van der Waals surface area contributed by atoms with Crippen LogP contribution >= 0.6 is 15.9 Å². The largest absolute Gasteiger partial charge is 0.383 e. The molecule has 20 heavy (non-hydrogen) atoms. The standard InChI is InChI=1S/C14H21BrN2O2S/c1-19-7-4-16-11-12-10-13(15)2-3-14(12)17-5-8-20(18)9-6-17/h2-3,10,16H,4-9,11H2,1H3. The summed E-state index contributed by atoms with van der Waals surface area (Å²) in [7, 11) is 1.07. The SMILES string of the molecule is COCCNCc1cc(Br)ccc1N1CCS(=O)CC1. The van der Waals surface area contributed by atoms with Crippen molar-refractivity contribution in [3.63, 3.8) is 0 Å². The molecule has 0 radical (unpaired) electrons. The van der Waals surface area contributed by atoms with E-state index in [0.29, 0.717) is 6.61 Å². The Labute approximate surface area is 131 Å². The van der Waals surface area contributed by atoms with Crippen molar-refractivity contribution in [2.75, 3.05) is 49.8 Å². The minimum absolute atomic E-state index is 0.637. The van der Waals surface area contributed by atoms with Crippen LogP contribution in [0.15, 0.2) is 22.7 Å². The third kappa shape index (κ3) is 4.55. The summed E-state index contributed by atoms with van der Waals surface area (Å²) in [6.45, 7) is 4.12. The molecule has 1 aromatic carbocycles. The van der Waals surface area contributed by atoms with Crippen LogP contribution in [0.25, 0.3) is 0 Å². The van der Waals surface area contributed by atoms with Crippen LogP contribution in [0.4, 0.5) is 5.69 Å². The predicted molar refractivity (Wildman–Crippen MR) is 87.8 cm³/mol. The van der Waals surface area contributed by atoms with Crippen LogP contribution in [0, 0.1) is 0 Å². The average Bonchev–Trinajstić information content (AvgIpc) is 2.45. The van der Waals surface area contributed by atoms with Crippen molar-refractivity contribution in [2.24, 2.45) is 0 Å². The third-order valence-corrected chi connectivity index (χ3v) is 5.13. The van der Waals surface area contributed by atoms with Gasteiger partial charge >= 0.3 is 0 Å². The molecule has 0 aliphatic carbocycles. The number of halogens is 1. The van der Waals surface area contributed by atoms with Crippen molar-refractivity contribution >= 4 is 32.4 Å². The lowest BCUT2D eigenvalue weighted by Crippen LogP contribution is -2.38. The molecule has 0 bridgehead atoms. The number of ether oxygens (including phenoxy) is 1. The summed E-state index contributed by atoms with van der Waals surface area (Å²) in [5.41, 5.74) is 2.51. The molecule has 1 heterocycles. The van der Waals surface area contributed by atoms with Crippen molar-refractivity contribution in [2.45, 2.75) is 6.54 Å². The van der Waals surface area contributed by atoms with E-state index in [0.717, 1.165) is 42.2 Å². The highest BCUT2D eigenvalue weighted by Gasteiger charge is 2.17. The van der Waals surface area contributed by atoms with Gasteiger partial charge in [0, 0.05) is 65.8 Å². The Morgan fingerprint density at radius 2 is 2.15 bits per heavy atom. The Balaban J connectivity index is 2.05. The maximum Gasteiger partial charge on any atom is 0.0587 e. The van der Waals surface area contributed by atoms with E-state index in [2.05, 4.69) is 44.3 Å². The van der Waals surface area contributed by atoms with Gasteiger partial charge in [-0.15, -0.1) is 0 Å². The number of nitrogens with one attached hydrogen (secondary N) is 1. The molecule has 0 saturated carbocycles. The van der Waals surface area contributed by atoms with Gasteiger partial charge in [0.05, 0.1) is 6.61 Å². The lowest BCUT2D eigenvalue weighted by Gasteiger charge is -2.30. The molecule has 0 amide bonds. The molecule has 0 unspecified atom stereocenters. The summed E-state index contributed by atoms with van der Waals surface area (Å²) in [4.78, 5) is 2.33. The highest BCUT2D eigenvalue weighted by molar-refractivity contribution is 9.10. The van der Waals surface area contributed by atoms with Crippen molar-refractivity contribution in [3.8, 4) is 0 Å². The Hall–Kier alpha value is -0.430. The molecular formula is C14H21BrN2O2S. The Morgan fingerprint density at radius 1 is 1.40 bits per heavy atom. The van der Waals surface area contributed by atoms with E-state index in [9.17, 15) is 4.21 Å². The first-order chi connectivity index (χ1) is 9.70. The Morgan fingerprint density at radius 3 is 2.85 bits per heavy atom. The second-order valence-corrected chi connectivity index (χ2v) is 7.39. The molecule has 1 aromatic rings. The summed E-state index contributed by atoms with van der Waals surface area (Å²) in [5.74, 6) is 1.54. The maximum atomic E-state index is 11.5. The van der Waals surface area contributed by atoms with E-state index in [1.54, 1.807) is 7.11 Å². The highest BCUT2D eigenvalue weighted by Crippen LogP contribution is 2.25. The lowest BCUT2D eigenvalue weighted by molar-refractivity contribution is 0.199. The zero-order chi connectivity index (χ0) is 14.4. The van der Waals surface area contributed by atoms with Gasteiger partial charge < -0.3 is 15.0 Å². The van der Waals surface area contributed by atoms with Crippen LogP contribution in [-0.2, 0) is 22.1 Å². The van der Waals surface area contributed by atoms with Crippen LogP contribution in [0.5, 0.6) is 0 Å². The Bertz CT molecular complexity index is 460. The first kappa shape index (κ1) is 15.9. The van der Waals surface area contributed by atoms with E-state index < -0.39 is 10.8 Å². The molecule has 6 heteroatoms. The van der Waals surface area contributed by atoms with Crippen LogP contribution < -0.4 is 10.2 Å². The molecule has 1 aliphatic heterocycles. The summed E-state index contributed by atoms with van der Waals surface area (Å²) in [6, 6.07) is 6.37. The summed E-state index contributed by atoms with van der Waals surface area (Å²) in [6.07, 6.45) is 0. The molecule has 1 saturated heterocycles. The minimum Gasteiger partial charge on any atom is -0.383 e. The van der Waals surface area contributed by atoms with Crippen LogP contribution in [0.3, 0.4) is 0 Å². The number of hydrogen-bond acceptors (Lipinski definition) is 4.